The van der Waals surface area contributed by atoms with Crippen LogP contribution in [-0.2, 0) is 0 Å². The first kappa shape index (κ1) is 71.1. The second-order valence-corrected chi connectivity index (χ2v) is 33.7. The average Bonchev–Trinajstić information content (AvgIpc) is 1.54. The number of nitrogens with zero attached hydrogens (tertiary/aromatic N) is 1. The lowest BCUT2D eigenvalue weighted by molar-refractivity contribution is 0.105. The highest BCUT2D eigenvalue weighted by atomic mass is 35.5. The summed E-state index contributed by atoms with van der Waals surface area (Å²) in [5.41, 5.74) is 12.1. The Morgan fingerprint density at radius 2 is 0.471 bits per heavy atom. The number of rotatable bonds is 16. The Morgan fingerprint density at radius 1 is 0.231 bits per heavy atom. The molecule has 31 unspecified atom stereocenters. The van der Waals surface area contributed by atoms with Crippen LogP contribution in [0, 0.1) is 47.3 Å². The summed E-state index contributed by atoms with van der Waals surface area (Å²) < 4.78 is 0. The maximum Gasteiger partial charge on any atom is 0.0864 e. The maximum atomic E-state index is 7.99. The van der Waals surface area contributed by atoms with Crippen molar-refractivity contribution in [3.8, 4) is 0 Å². The van der Waals surface area contributed by atoms with Crippen LogP contribution in [0.25, 0.3) is 0 Å². The van der Waals surface area contributed by atoms with Gasteiger partial charge in [-0.2, -0.15) is 5.01 Å². The van der Waals surface area contributed by atoms with Crippen LogP contribution < -0.4 is 79.9 Å². The summed E-state index contributed by atoms with van der Waals surface area (Å²) in [4.78, 5) is 0. The average molecular weight is 1560 g/mol. The summed E-state index contributed by atoms with van der Waals surface area (Å²) in [6, 6.07) is 82.9. The highest BCUT2D eigenvalue weighted by molar-refractivity contribution is 6.39. The van der Waals surface area contributed by atoms with Crippen molar-refractivity contribution in [3.05, 3.63) is 243 Å². The van der Waals surface area contributed by atoms with E-state index < -0.39 is 92.1 Å². The summed E-state index contributed by atoms with van der Waals surface area (Å²) in [5.74, 6) is -2.30. The number of hydrogen-bond donors (Lipinski definition) is 15. The van der Waals surface area contributed by atoms with Gasteiger partial charge in [-0.25, -0.2) is 0 Å². The number of benzene rings is 8. The van der Waals surface area contributed by atoms with Crippen molar-refractivity contribution in [2.45, 2.75) is 141 Å². The van der Waals surface area contributed by atoms with Crippen LogP contribution in [0.3, 0.4) is 0 Å². The molecule has 31 atom stereocenters. The van der Waals surface area contributed by atoms with Gasteiger partial charge in [0, 0.05) is 93.0 Å². The van der Waals surface area contributed by atoms with Gasteiger partial charge >= 0.3 is 0 Å². The molecular weight excluding hydrogens is 1470 g/mol. The standard InChI is InChI=1S/C80H88Cl8N16/c81-59-53-54(60(82)64(86)63(59)85)76-98-75(53)97-73-50-41-51(89-42-25-9-1-10-26-42)67(90-43-27-11-2-12-28-43)68(91-44-29-13-3-14-30-44)52(50)74(96-73)101-79-57-58(80(104(79)103-49-39-23-8-24-40-49)102-78-56-55(77(99-76)100-78)61(83)65(87)66(88)62(56)84)70(93-46-33-17-5-18-34-46)72(95-48-37-21-7-22-38-48)71(94-47-35-19-6-20-36-47)69(57)92-45-31-15-4-16-32-45/h1-40,50-80,89-103H,41H2. The number of halogens is 8. The highest BCUT2D eigenvalue weighted by Crippen LogP contribution is 2.54. The van der Waals surface area contributed by atoms with E-state index in [4.69, 9.17) is 98.1 Å². The largest absolute Gasteiger partial charge is 0.380 e. The van der Waals surface area contributed by atoms with E-state index in [2.05, 4.69) is 322 Å². The zero-order valence-electron chi connectivity index (χ0n) is 56.7. The molecule has 0 spiro atoms. The van der Waals surface area contributed by atoms with Gasteiger partial charge in [-0.15, -0.1) is 92.8 Å². The van der Waals surface area contributed by atoms with Gasteiger partial charge in [0.05, 0.1) is 129 Å². The van der Waals surface area contributed by atoms with Crippen molar-refractivity contribution in [2.75, 3.05) is 42.6 Å². The zero-order valence-corrected chi connectivity index (χ0v) is 62.7. The van der Waals surface area contributed by atoms with Crippen LogP contribution in [0.1, 0.15) is 6.42 Å². The third kappa shape index (κ3) is 13.9. The first-order valence-corrected chi connectivity index (χ1v) is 40.1. The van der Waals surface area contributed by atoms with Crippen LogP contribution in [0.5, 0.6) is 0 Å². The third-order valence-electron chi connectivity index (χ3n) is 23.9. The first-order valence-electron chi connectivity index (χ1n) is 36.6. The normalized spacial score (nSPS) is 39.9. The predicted octanol–water partition coefficient (Wildman–Crippen LogP) is 13.7. The minimum absolute atomic E-state index is 0.0865. The number of anilines is 8. The molecule has 4 saturated carbocycles. The Kier molecular flexibility index (Phi) is 21.2. The van der Waals surface area contributed by atoms with Gasteiger partial charge in [-0.1, -0.05) is 146 Å². The molecule has 104 heavy (non-hydrogen) atoms. The van der Waals surface area contributed by atoms with Crippen LogP contribution in [0.4, 0.5) is 45.5 Å². The number of fused-ring (bicyclic) bond motifs is 20. The molecule has 544 valence electrons. The molecule has 4 aliphatic carbocycles. The van der Waals surface area contributed by atoms with E-state index in [1.807, 2.05) is 0 Å². The number of alkyl halides is 8. The molecule has 0 aromatic heterocycles. The number of hydrazine groups is 1. The van der Waals surface area contributed by atoms with Gasteiger partial charge in [-0.3, -0.25) is 37.2 Å². The SMILES string of the molecule is ClC1C(Cl)C(Cl)C2C3NC(NC4NC(NC5C6C(Nc7ccccc7)C(Nc7ccccc7)C(Nc7ccccc7)C(Nc7ccccc7)C6C(NC6NC(N3)C3C(Cl)C(Cl)C(Cl)C(Cl)C63)N5Nc3ccccc3)C3C4CC(Nc4ccccc4)C(Nc4ccccc4)C3Nc3ccccc3)C2C1Cl. The summed E-state index contributed by atoms with van der Waals surface area (Å²) in [6.07, 6.45) is -3.16. The van der Waals surface area contributed by atoms with E-state index >= 15 is 0 Å². The van der Waals surface area contributed by atoms with Gasteiger partial charge in [0.25, 0.3) is 0 Å². The molecule has 5 saturated heterocycles. The Morgan fingerprint density at radius 3 is 0.788 bits per heavy atom. The fourth-order valence-electron chi connectivity index (χ4n) is 19.5. The van der Waals surface area contributed by atoms with E-state index in [-0.39, 0.29) is 89.9 Å². The molecule has 16 nitrogen and oxygen atoms in total. The maximum absolute atomic E-state index is 7.99. The number of para-hydroxylation sites is 8. The smallest absolute Gasteiger partial charge is 0.0864 e. The third-order valence-corrected chi connectivity index (χ3v) is 29.0. The number of hydrogen-bond acceptors (Lipinski definition) is 16. The zero-order chi connectivity index (χ0) is 70.7. The van der Waals surface area contributed by atoms with Crippen molar-refractivity contribution < 1.29 is 0 Å². The summed E-state index contributed by atoms with van der Waals surface area (Å²) in [6.45, 7) is 0. The minimum atomic E-state index is -0.691. The minimum Gasteiger partial charge on any atom is -0.380 e. The Bertz CT molecular complexity index is 4080. The Balaban J connectivity index is 0.910. The van der Waals surface area contributed by atoms with Crippen molar-refractivity contribution in [2.24, 2.45) is 47.3 Å². The monoisotopic (exact) mass is 1550 g/mol. The van der Waals surface area contributed by atoms with Crippen LogP contribution >= 0.6 is 92.8 Å². The summed E-state index contributed by atoms with van der Waals surface area (Å²) in [7, 11) is 0. The lowest BCUT2D eigenvalue weighted by Gasteiger charge is -2.53. The van der Waals surface area contributed by atoms with Crippen molar-refractivity contribution >= 4 is 138 Å². The molecule has 8 aromatic rings. The molecule has 9 fully saturated rings. The van der Waals surface area contributed by atoms with E-state index in [1.165, 1.54) is 0 Å². The van der Waals surface area contributed by atoms with Crippen molar-refractivity contribution in [1.82, 2.24) is 42.2 Å². The Hall–Kier alpha value is -5.84. The molecule has 17 rings (SSSR count). The molecule has 24 heteroatoms. The molecule has 0 radical (unpaired) electrons. The molecule has 15 N–H and O–H groups in total. The second kappa shape index (κ2) is 31.0. The van der Waals surface area contributed by atoms with Crippen molar-refractivity contribution in [3.63, 3.8) is 0 Å². The quantitative estimate of drug-likeness (QED) is 0.0410. The van der Waals surface area contributed by atoms with E-state index in [0.29, 0.717) is 0 Å². The molecule has 5 aliphatic heterocycles. The van der Waals surface area contributed by atoms with Gasteiger partial charge < -0.3 is 42.6 Å². The topological polar surface area (TPSA) is 184 Å². The molecule has 0 amide bonds. The van der Waals surface area contributed by atoms with Crippen LogP contribution in [0.15, 0.2) is 243 Å². The summed E-state index contributed by atoms with van der Waals surface area (Å²) >= 11 is 61.4. The molecular formula is C80H88Cl8N16. The molecule has 5 heterocycles. The summed E-state index contributed by atoms with van der Waals surface area (Å²) in [5, 5.41) is 57.6. The Labute approximate surface area is 649 Å². The van der Waals surface area contributed by atoms with E-state index in [9.17, 15) is 0 Å². The van der Waals surface area contributed by atoms with E-state index in [1.54, 1.807) is 0 Å². The van der Waals surface area contributed by atoms with Gasteiger partial charge in [0.2, 0.25) is 0 Å². The fourth-order valence-corrected chi connectivity index (χ4v) is 23.0. The van der Waals surface area contributed by atoms with Crippen LogP contribution in [-0.4, -0.2) is 140 Å². The highest BCUT2D eigenvalue weighted by Gasteiger charge is 2.68. The molecule has 8 aromatic carbocycles. The van der Waals surface area contributed by atoms with Gasteiger partial charge in [0.15, 0.2) is 0 Å². The lowest BCUT2D eigenvalue weighted by atomic mass is 9.66. The molecule has 9 aliphatic rings. The number of nitrogens with one attached hydrogen (secondary N) is 15. The van der Waals surface area contributed by atoms with Gasteiger partial charge in [0.1, 0.15) is 0 Å². The fraction of sp³-hybridized carbons (Fsp3) is 0.400. The van der Waals surface area contributed by atoms with Crippen molar-refractivity contribution in [1.29, 1.82) is 0 Å². The lowest BCUT2D eigenvalue weighted by Crippen LogP contribution is -2.71. The van der Waals surface area contributed by atoms with E-state index in [0.717, 1.165) is 51.9 Å². The molecule has 8 bridgehead atoms. The van der Waals surface area contributed by atoms with Crippen LogP contribution in [0.2, 0.25) is 0 Å². The second-order valence-electron chi connectivity index (χ2n) is 29.6. The first-order chi connectivity index (χ1) is 50.9. The van der Waals surface area contributed by atoms with Gasteiger partial charge in [-0.05, 0) is 109 Å². The predicted molar refractivity (Wildman–Crippen MR) is 431 cm³/mol.